The summed E-state index contributed by atoms with van der Waals surface area (Å²) in [6, 6.07) is 15.2. The third-order valence-corrected chi connectivity index (χ3v) is 4.54. The van der Waals surface area contributed by atoms with Crippen LogP contribution in [0.4, 0.5) is 11.5 Å². The van der Waals surface area contributed by atoms with Gasteiger partial charge < -0.3 is 14.8 Å². The van der Waals surface area contributed by atoms with E-state index in [0.717, 1.165) is 34.3 Å². The zero-order valence-corrected chi connectivity index (χ0v) is 15.0. The van der Waals surface area contributed by atoms with Gasteiger partial charge in [0, 0.05) is 34.7 Å². The van der Waals surface area contributed by atoms with Crippen LogP contribution >= 0.6 is 11.6 Å². The fourth-order valence-electron chi connectivity index (χ4n) is 3.10. The summed E-state index contributed by atoms with van der Waals surface area (Å²) in [5.74, 6) is 2.88. The molecule has 0 bridgehead atoms. The van der Waals surface area contributed by atoms with Gasteiger partial charge in [-0.25, -0.2) is 9.97 Å². The molecule has 3 heterocycles. The summed E-state index contributed by atoms with van der Waals surface area (Å²) in [5, 5.41) is 4.10. The number of ether oxygens (including phenoxy) is 2. The van der Waals surface area contributed by atoms with Crippen LogP contribution in [0.5, 0.6) is 11.5 Å². The molecule has 0 saturated carbocycles. The van der Waals surface area contributed by atoms with Gasteiger partial charge in [-0.1, -0.05) is 23.7 Å². The van der Waals surface area contributed by atoms with Gasteiger partial charge >= 0.3 is 0 Å². The molecule has 0 amide bonds. The molecule has 1 aliphatic heterocycles. The van der Waals surface area contributed by atoms with E-state index in [0.29, 0.717) is 24.0 Å². The normalized spacial score (nSPS) is 12.9. The third kappa shape index (κ3) is 2.94. The largest absolute Gasteiger partial charge is 0.486 e. The van der Waals surface area contributed by atoms with Gasteiger partial charge in [0.2, 0.25) is 5.78 Å². The van der Waals surface area contributed by atoms with Crippen molar-refractivity contribution >= 4 is 28.9 Å². The maximum absolute atomic E-state index is 6.18. The second kappa shape index (κ2) is 6.48. The molecule has 0 atom stereocenters. The number of anilines is 2. The first-order valence-electron chi connectivity index (χ1n) is 8.54. The van der Waals surface area contributed by atoms with Gasteiger partial charge in [0.25, 0.3) is 0 Å². The van der Waals surface area contributed by atoms with Crippen molar-refractivity contribution in [2.75, 3.05) is 18.5 Å². The highest BCUT2D eigenvalue weighted by molar-refractivity contribution is 6.30. The number of benzene rings is 2. The Balaban J connectivity index is 1.62. The predicted octanol–water partition coefficient (Wildman–Crippen LogP) is 4.56. The fourth-order valence-corrected chi connectivity index (χ4v) is 3.29. The van der Waals surface area contributed by atoms with E-state index in [1.807, 2.05) is 59.1 Å². The summed E-state index contributed by atoms with van der Waals surface area (Å²) < 4.78 is 13.2. The minimum atomic E-state index is 0.545. The summed E-state index contributed by atoms with van der Waals surface area (Å²) in [7, 11) is 0. The van der Waals surface area contributed by atoms with E-state index in [1.54, 1.807) is 6.20 Å². The fraction of sp³-hybridized carbons (Fsp3) is 0.100. The lowest BCUT2D eigenvalue weighted by atomic mass is 10.1. The Bertz CT molecular complexity index is 1140. The van der Waals surface area contributed by atoms with Gasteiger partial charge in [0.05, 0.1) is 0 Å². The van der Waals surface area contributed by atoms with Crippen LogP contribution in [0.1, 0.15) is 0 Å². The van der Waals surface area contributed by atoms with E-state index in [2.05, 4.69) is 15.3 Å². The minimum Gasteiger partial charge on any atom is -0.486 e. The topological polar surface area (TPSA) is 60.7 Å². The van der Waals surface area contributed by atoms with Crippen molar-refractivity contribution in [3.63, 3.8) is 0 Å². The Morgan fingerprint density at radius 3 is 2.78 bits per heavy atom. The lowest BCUT2D eigenvalue weighted by molar-refractivity contribution is 0.171. The van der Waals surface area contributed by atoms with Gasteiger partial charge in [0.15, 0.2) is 11.5 Å². The molecule has 1 N–H and O–H groups in total. The molecular formula is C20H15ClN4O2. The molecule has 7 heteroatoms. The minimum absolute atomic E-state index is 0.545. The first kappa shape index (κ1) is 16.0. The Morgan fingerprint density at radius 2 is 1.89 bits per heavy atom. The second-order valence-electron chi connectivity index (χ2n) is 6.09. The maximum atomic E-state index is 6.18. The molecule has 0 fully saturated rings. The quantitative estimate of drug-likeness (QED) is 0.566. The third-order valence-electron chi connectivity index (χ3n) is 4.31. The van der Waals surface area contributed by atoms with Gasteiger partial charge in [-0.05, 0) is 30.3 Å². The van der Waals surface area contributed by atoms with Crippen LogP contribution < -0.4 is 14.8 Å². The highest BCUT2D eigenvalue weighted by atomic mass is 35.5. The summed E-state index contributed by atoms with van der Waals surface area (Å²) >= 11 is 6.18. The van der Waals surface area contributed by atoms with Crippen molar-refractivity contribution in [3.8, 4) is 22.8 Å². The number of rotatable bonds is 3. The highest BCUT2D eigenvalue weighted by Crippen LogP contribution is 2.36. The zero-order chi connectivity index (χ0) is 18.2. The SMILES string of the molecule is Clc1cccc(-c2nc3ncccn3c2Nc2ccc3c(c2)OCCO3)c1. The summed E-state index contributed by atoms with van der Waals surface area (Å²) in [6.07, 6.45) is 3.64. The molecule has 2 aromatic carbocycles. The molecule has 0 aliphatic carbocycles. The number of fused-ring (bicyclic) bond motifs is 2. The highest BCUT2D eigenvalue weighted by Gasteiger charge is 2.17. The molecule has 0 saturated heterocycles. The lowest BCUT2D eigenvalue weighted by Crippen LogP contribution is -2.15. The van der Waals surface area contributed by atoms with E-state index >= 15 is 0 Å². The molecule has 6 nitrogen and oxygen atoms in total. The monoisotopic (exact) mass is 378 g/mol. The summed E-state index contributed by atoms with van der Waals surface area (Å²) in [5.41, 5.74) is 2.55. The van der Waals surface area contributed by atoms with Crippen LogP contribution in [0.3, 0.4) is 0 Å². The molecule has 0 spiro atoms. The van der Waals surface area contributed by atoms with Crippen molar-refractivity contribution in [1.82, 2.24) is 14.4 Å². The van der Waals surface area contributed by atoms with Crippen LogP contribution in [-0.2, 0) is 0 Å². The predicted molar refractivity (Wildman–Crippen MR) is 104 cm³/mol. The van der Waals surface area contributed by atoms with Crippen LogP contribution in [0, 0.1) is 0 Å². The van der Waals surface area contributed by atoms with Crippen LogP contribution in [-0.4, -0.2) is 27.6 Å². The smallest absolute Gasteiger partial charge is 0.235 e. The second-order valence-corrected chi connectivity index (χ2v) is 6.53. The molecule has 4 aromatic rings. The summed E-state index contributed by atoms with van der Waals surface area (Å²) in [6.45, 7) is 1.11. The molecule has 5 rings (SSSR count). The van der Waals surface area contributed by atoms with Crippen molar-refractivity contribution in [3.05, 3.63) is 65.9 Å². The van der Waals surface area contributed by atoms with Crippen LogP contribution in [0.25, 0.3) is 17.0 Å². The standard InChI is InChI=1S/C20H15ClN4O2/c21-14-4-1-3-13(11-14)18-19(25-8-2-7-22-20(25)24-18)23-15-5-6-16-17(12-15)27-10-9-26-16/h1-8,11-12,23H,9-10H2. The number of hydrogen-bond acceptors (Lipinski definition) is 5. The lowest BCUT2D eigenvalue weighted by Gasteiger charge is -2.19. The number of imidazole rings is 1. The number of halogens is 1. The van der Waals surface area contributed by atoms with Crippen molar-refractivity contribution < 1.29 is 9.47 Å². The number of nitrogens with one attached hydrogen (secondary N) is 1. The van der Waals surface area contributed by atoms with Crippen molar-refractivity contribution in [2.24, 2.45) is 0 Å². The van der Waals surface area contributed by atoms with Gasteiger partial charge in [-0.2, -0.15) is 0 Å². The number of nitrogens with zero attached hydrogens (tertiary/aromatic N) is 3. The van der Waals surface area contributed by atoms with E-state index in [-0.39, 0.29) is 0 Å². The average molecular weight is 379 g/mol. The zero-order valence-electron chi connectivity index (χ0n) is 14.2. The average Bonchev–Trinajstić information content (AvgIpc) is 3.06. The summed E-state index contributed by atoms with van der Waals surface area (Å²) in [4.78, 5) is 9.04. The number of hydrogen-bond donors (Lipinski definition) is 1. The van der Waals surface area contributed by atoms with E-state index in [1.165, 1.54) is 0 Å². The van der Waals surface area contributed by atoms with Crippen molar-refractivity contribution in [2.45, 2.75) is 0 Å². The molecule has 0 unspecified atom stereocenters. The first-order valence-corrected chi connectivity index (χ1v) is 8.91. The molecule has 2 aromatic heterocycles. The van der Waals surface area contributed by atoms with Crippen LogP contribution in [0.15, 0.2) is 60.9 Å². The van der Waals surface area contributed by atoms with Crippen molar-refractivity contribution in [1.29, 1.82) is 0 Å². The number of aromatic nitrogens is 3. The van der Waals surface area contributed by atoms with E-state index in [9.17, 15) is 0 Å². The van der Waals surface area contributed by atoms with E-state index in [4.69, 9.17) is 21.1 Å². The van der Waals surface area contributed by atoms with Crippen LogP contribution in [0.2, 0.25) is 5.02 Å². The van der Waals surface area contributed by atoms with Gasteiger partial charge in [-0.3, -0.25) is 4.40 Å². The molecule has 134 valence electrons. The Hall–Kier alpha value is -3.25. The van der Waals surface area contributed by atoms with Gasteiger partial charge in [-0.15, -0.1) is 0 Å². The van der Waals surface area contributed by atoms with E-state index < -0.39 is 0 Å². The van der Waals surface area contributed by atoms with Gasteiger partial charge in [0.1, 0.15) is 24.7 Å². The molecular weight excluding hydrogens is 364 g/mol. The molecule has 0 radical (unpaired) electrons. The molecule has 27 heavy (non-hydrogen) atoms. The maximum Gasteiger partial charge on any atom is 0.235 e. The first-order chi connectivity index (χ1) is 13.3. The molecule has 1 aliphatic rings. The Kier molecular flexibility index (Phi) is 3.83. The Labute approximate surface area is 160 Å². The Morgan fingerprint density at radius 1 is 1.00 bits per heavy atom.